The van der Waals surface area contributed by atoms with Crippen LogP contribution in [0.25, 0.3) is 0 Å². The highest BCUT2D eigenvalue weighted by Gasteiger charge is 2.33. The number of nitrogens with one attached hydrogen (secondary N) is 1. The van der Waals surface area contributed by atoms with Gasteiger partial charge in [0.1, 0.15) is 12.6 Å². The number of nitrogens with zero attached hydrogens (tertiary/aromatic N) is 1. The number of carbonyl (C=O) groups is 2. The molecule has 1 saturated heterocycles. The van der Waals surface area contributed by atoms with Crippen molar-refractivity contribution in [2.75, 3.05) is 13.2 Å². The van der Waals surface area contributed by atoms with Gasteiger partial charge in [0.15, 0.2) is 0 Å². The zero-order valence-corrected chi connectivity index (χ0v) is 15.2. The minimum absolute atomic E-state index is 0.0214. The smallest absolute Gasteiger partial charge is 0.249 e. The summed E-state index contributed by atoms with van der Waals surface area (Å²) < 4.78 is 5.32. The summed E-state index contributed by atoms with van der Waals surface area (Å²) in [7, 11) is 0. The molecule has 0 unspecified atom stereocenters. The van der Waals surface area contributed by atoms with E-state index in [1.165, 1.54) is 0 Å². The van der Waals surface area contributed by atoms with Crippen molar-refractivity contribution in [3.05, 3.63) is 70.8 Å². The van der Waals surface area contributed by atoms with Crippen molar-refractivity contribution in [2.45, 2.75) is 33.0 Å². The zero-order valence-electron chi connectivity index (χ0n) is 15.2. The highest BCUT2D eigenvalue weighted by molar-refractivity contribution is 5.89. The molecule has 0 aromatic heterocycles. The SMILES string of the molecule is Cc1ccc(CN2C(=O)COC[C@H]2C(=O)NCc2cccc(C)c2)cc1. The molecule has 26 heavy (non-hydrogen) atoms. The molecule has 3 rings (SSSR count). The Bertz CT molecular complexity index is 786. The van der Waals surface area contributed by atoms with Gasteiger partial charge < -0.3 is 15.0 Å². The molecule has 0 aliphatic carbocycles. The fourth-order valence-corrected chi connectivity index (χ4v) is 3.04. The lowest BCUT2D eigenvalue weighted by molar-refractivity contribution is -0.155. The molecule has 0 spiro atoms. The second kappa shape index (κ2) is 8.15. The van der Waals surface area contributed by atoms with E-state index in [9.17, 15) is 9.59 Å². The molecule has 5 heteroatoms. The van der Waals surface area contributed by atoms with E-state index < -0.39 is 6.04 Å². The third-order valence-electron chi connectivity index (χ3n) is 4.52. The molecule has 1 N–H and O–H groups in total. The summed E-state index contributed by atoms with van der Waals surface area (Å²) in [5.41, 5.74) is 4.34. The molecule has 2 amide bonds. The van der Waals surface area contributed by atoms with Gasteiger partial charge in [-0.15, -0.1) is 0 Å². The molecular formula is C21H24N2O3. The third kappa shape index (κ3) is 4.49. The number of ether oxygens (including phenoxy) is 1. The maximum Gasteiger partial charge on any atom is 0.249 e. The van der Waals surface area contributed by atoms with Crippen LogP contribution in [0.3, 0.4) is 0 Å². The second-order valence-electron chi connectivity index (χ2n) is 6.75. The predicted octanol–water partition coefficient (Wildman–Crippen LogP) is 2.35. The van der Waals surface area contributed by atoms with Crippen LogP contribution >= 0.6 is 0 Å². The molecule has 1 atom stereocenters. The molecule has 136 valence electrons. The molecular weight excluding hydrogens is 328 g/mol. The normalized spacial score (nSPS) is 17.2. The minimum Gasteiger partial charge on any atom is -0.369 e. The highest BCUT2D eigenvalue weighted by atomic mass is 16.5. The standard InChI is InChI=1S/C21H24N2O3/c1-15-6-8-17(9-7-15)12-23-19(13-26-14-20(23)24)21(25)22-11-18-5-3-4-16(2)10-18/h3-10,19H,11-14H2,1-2H3,(H,22,25)/t19-/m0/s1. The Morgan fingerprint density at radius 1 is 1.12 bits per heavy atom. The number of hydrogen-bond donors (Lipinski definition) is 1. The van der Waals surface area contributed by atoms with E-state index in [-0.39, 0.29) is 25.0 Å². The molecule has 1 aliphatic heterocycles. The average Bonchev–Trinajstić information content (AvgIpc) is 2.63. The number of morpholine rings is 1. The van der Waals surface area contributed by atoms with E-state index in [0.29, 0.717) is 13.1 Å². The van der Waals surface area contributed by atoms with E-state index >= 15 is 0 Å². The first kappa shape index (κ1) is 18.1. The van der Waals surface area contributed by atoms with Gasteiger partial charge in [0.2, 0.25) is 11.8 Å². The van der Waals surface area contributed by atoms with Crippen LogP contribution in [0.4, 0.5) is 0 Å². The number of carbonyl (C=O) groups excluding carboxylic acids is 2. The number of hydrogen-bond acceptors (Lipinski definition) is 3. The molecule has 2 aromatic rings. The summed E-state index contributed by atoms with van der Waals surface area (Å²) in [4.78, 5) is 26.6. The number of amides is 2. The molecule has 1 aliphatic rings. The van der Waals surface area contributed by atoms with Crippen LogP contribution in [0, 0.1) is 13.8 Å². The van der Waals surface area contributed by atoms with Gasteiger partial charge in [0.05, 0.1) is 6.61 Å². The largest absolute Gasteiger partial charge is 0.369 e. The molecule has 1 heterocycles. The van der Waals surface area contributed by atoms with Gasteiger partial charge in [0, 0.05) is 13.1 Å². The van der Waals surface area contributed by atoms with Crippen LogP contribution in [-0.2, 0) is 27.4 Å². The van der Waals surface area contributed by atoms with Gasteiger partial charge in [-0.1, -0.05) is 59.7 Å². The summed E-state index contributed by atoms with van der Waals surface area (Å²) in [5.74, 6) is -0.348. The monoisotopic (exact) mass is 352 g/mol. The van der Waals surface area contributed by atoms with Crippen molar-refractivity contribution < 1.29 is 14.3 Å². The summed E-state index contributed by atoms with van der Waals surface area (Å²) >= 11 is 0. The lowest BCUT2D eigenvalue weighted by atomic mass is 10.1. The summed E-state index contributed by atoms with van der Waals surface area (Å²) in [6.07, 6.45) is 0. The van der Waals surface area contributed by atoms with Gasteiger partial charge in [-0.05, 0) is 25.0 Å². The summed E-state index contributed by atoms with van der Waals surface area (Å²) in [6.45, 7) is 5.12. The molecule has 2 aromatic carbocycles. The first-order valence-electron chi connectivity index (χ1n) is 8.79. The van der Waals surface area contributed by atoms with E-state index in [2.05, 4.69) is 5.32 Å². The lowest BCUT2D eigenvalue weighted by Crippen LogP contribution is -2.55. The minimum atomic E-state index is -0.609. The third-order valence-corrected chi connectivity index (χ3v) is 4.52. The van der Waals surface area contributed by atoms with Gasteiger partial charge in [-0.25, -0.2) is 0 Å². The van der Waals surface area contributed by atoms with Gasteiger partial charge in [-0.2, -0.15) is 0 Å². The zero-order chi connectivity index (χ0) is 18.5. The van der Waals surface area contributed by atoms with Crippen LogP contribution in [0.2, 0.25) is 0 Å². The van der Waals surface area contributed by atoms with Crippen LogP contribution in [0.1, 0.15) is 22.3 Å². The number of benzene rings is 2. The van der Waals surface area contributed by atoms with Crippen molar-refractivity contribution in [1.29, 1.82) is 0 Å². The molecule has 1 fully saturated rings. The quantitative estimate of drug-likeness (QED) is 0.899. The first-order valence-corrected chi connectivity index (χ1v) is 8.79. The van der Waals surface area contributed by atoms with Crippen LogP contribution in [0.5, 0.6) is 0 Å². The Kier molecular flexibility index (Phi) is 5.68. The van der Waals surface area contributed by atoms with Crippen molar-refractivity contribution in [1.82, 2.24) is 10.2 Å². The Morgan fingerprint density at radius 2 is 1.88 bits per heavy atom. The summed E-state index contributed by atoms with van der Waals surface area (Å²) in [6, 6.07) is 15.4. The summed E-state index contributed by atoms with van der Waals surface area (Å²) in [5, 5.41) is 2.93. The first-order chi connectivity index (χ1) is 12.5. The van der Waals surface area contributed by atoms with E-state index in [0.717, 1.165) is 22.3 Å². The van der Waals surface area contributed by atoms with Crippen molar-refractivity contribution in [3.63, 3.8) is 0 Å². The Labute approximate surface area is 154 Å². The van der Waals surface area contributed by atoms with Crippen molar-refractivity contribution in [3.8, 4) is 0 Å². The number of aryl methyl sites for hydroxylation is 2. The van der Waals surface area contributed by atoms with Gasteiger partial charge >= 0.3 is 0 Å². The molecule has 0 radical (unpaired) electrons. The molecule has 0 bridgehead atoms. The average molecular weight is 352 g/mol. The predicted molar refractivity (Wildman–Crippen MR) is 99.4 cm³/mol. The Morgan fingerprint density at radius 3 is 2.62 bits per heavy atom. The fraction of sp³-hybridized carbons (Fsp3) is 0.333. The van der Waals surface area contributed by atoms with E-state index in [1.807, 2.05) is 62.4 Å². The maximum absolute atomic E-state index is 12.7. The molecule has 0 saturated carbocycles. The second-order valence-corrected chi connectivity index (χ2v) is 6.75. The van der Waals surface area contributed by atoms with Crippen molar-refractivity contribution in [2.24, 2.45) is 0 Å². The van der Waals surface area contributed by atoms with Crippen molar-refractivity contribution >= 4 is 11.8 Å². The Balaban J connectivity index is 1.67. The van der Waals surface area contributed by atoms with Gasteiger partial charge in [-0.3, -0.25) is 9.59 Å². The van der Waals surface area contributed by atoms with Crippen LogP contribution < -0.4 is 5.32 Å². The van der Waals surface area contributed by atoms with Crippen LogP contribution in [-0.4, -0.2) is 36.0 Å². The maximum atomic E-state index is 12.7. The highest BCUT2D eigenvalue weighted by Crippen LogP contribution is 2.15. The van der Waals surface area contributed by atoms with Gasteiger partial charge in [0.25, 0.3) is 0 Å². The van der Waals surface area contributed by atoms with Crippen LogP contribution in [0.15, 0.2) is 48.5 Å². The topological polar surface area (TPSA) is 58.6 Å². The lowest BCUT2D eigenvalue weighted by Gasteiger charge is -2.34. The molecule has 5 nitrogen and oxygen atoms in total. The van der Waals surface area contributed by atoms with E-state index in [4.69, 9.17) is 4.74 Å². The number of rotatable bonds is 5. The van der Waals surface area contributed by atoms with E-state index in [1.54, 1.807) is 4.90 Å². The Hall–Kier alpha value is -2.66. The fourth-order valence-electron chi connectivity index (χ4n) is 3.04.